The smallest absolute Gasteiger partial charge is 0.255 e. The molecule has 0 aliphatic rings. The molecule has 0 heterocycles. The first-order valence-corrected chi connectivity index (χ1v) is 7.16. The molecule has 1 amide bonds. The first-order valence-electron chi connectivity index (χ1n) is 7.16. The molecule has 2 aromatic carbocycles. The van der Waals surface area contributed by atoms with Crippen molar-refractivity contribution in [2.24, 2.45) is 0 Å². The molecule has 110 valence electrons. The maximum absolute atomic E-state index is 12.4. The van der Waals surface area contributed by atoms with Gasteiger partial charge in [0, 0.05) is 0 Å². The predicted octanol–water partition coefficient (Wildman–Crippen LogP) is 3.88. The van der Waals surface area contributed by atoms with Gasteiger partial charge in [-0.2, -0.15) is 0 Å². The van der Waals surface area contributed by atoms with Gasteiger partial charge in [0.2, 0.25) is 0 Å². The molecule has 21 heavy (non-hydrogen) atoms. The van der Waals surface area contributed by atoms with Crippen molar-refractivity contribution in [3.63, 3.8) is 0 Å². The van der Waals surface area contributed by atoms with Crippen LogP contribution in [0.3, 0.4) is 0 Å². The number of ether oxygens (including phenoxy) is 1. The zero-order chi connectivity index (χ0) is 15.2. The van der Waals surface area contributed by atoms with Crippen molar-refractivity contribution in [1.82, 2.24) is 5.32 Å². The number of benzene rings is 2. The second-order valence-electron chi connectivity index (χ2n) is 5.05. The van der Waals surface area contributed by atoms with Crippen molar-refractivity contribution < 1.29 is 9.53 Å². The molecule has 0 aliphatic heterocycles. The van der Waals surface area contributed by atoms with Gasteiger partial charge in [0.05, 0.1) is 18.7 Å². The van der Waals surface area contributed by atoms with Crippen LogP contribution in [0.15, 0.2) is 48.5 Å². The second-order valence-corrected chi connectivity index (χ2v) is 5.05. The minimum absolute atomic E-state index is 0.00279. The molecule has 2 aromatic rings. The van der Waals surface area contributed by atoms with Crippen LogP contribution in [0.4, 0.5) is 0 Å². The molecule has 0 bridgehead atoms. The molecule has 0 aliphatic carbocycles. The van der Waals surface area contributed by atoms with E-state index in [1.807, 2.05) is 12.1 Å². The molecule has 0 saturated carbocycles. The molecule has 3 heteroatoms. The molecular formula is C18H21NO2. The Kier molecular flexibility index (Phi) is 4.99. The zero-order valence-electron chi connectivity index (χ0n) is 12.7. The summed E-state index contributed by atoms with van der Waals surface area (Å²) in [5.41, 5.74) is 2.89. The van der Waals surface area contributed by atoms with E-state index in [2.05, 4.69) is 43.4 Å². The SMILES string of the molecule is CCC(NC(=O)c1ccccc1OC)c1ccc(C)cc1. The Labute approximate surface area is 126 Å². The summed E-state index contributed by atoms with van der Waals surface area (Å²) in [6, 6.07) is 15.5. The largest absolute Gasteiger partial charge is 0.496 e. The third-order valence-electron chi connectivity index (χ3n) is 3.54. The first-order chi connectivity index (χ1) is 10.2. The number of carbonyl (C=O) groups excluding carboxylic acids is 1. The molecule has 0 radical (unpaired) electrons. The van der Waals surface area contributed by atoms with Crippen molar-refractivity contribution >= 4 is 5.91 Å². The van der Waals surface area contributed by atoms with E-state index in [4.69, 9.17) is 4.74 Å². The molecule has 0 spiro atoms. The topological polar surface area (TPSA) is 38.3 Å². The van der Waals surface area contributed by atoms with Crippen LogP contribution in [0.1, 0.15) is 40.9 Å². The van der Waals surface area contributed by atoms with Gasteiger partial charge < -0.3 is 10.1 Å². The van der Waals surface area contributed by atoms with Crippen LogP contribution in [-0.4, -0.2) is 13.0 Å². The Morgan fingerprint density at radius 3 is 2.43 bits per heavy atom. The minimum Gasteiger partial charge on any atom is -0.496 e. The number of hydrogen-bond acceptors (Lipinski definition) is 2. The Morgan fingerprint density at radius 1 is 1.14 bits per heavy atom. The van der Waals surface area contributed by atoms with Crippen LogP contribution < -0.4 is 10.1 Å². The average Bonchev–Trinajstić information content (AvgIpc) is 2.53. The van der Waals surface area contributed by atoms with Crippen LogP contribution in [0.2, 0.25) is 0 Å². The highest BCUT2D eigenvalue weighted by Gasteiger charge is 2.16. The van der Waals surface area contributed by atoms with Gasteiger partial charge in [-0.25, -0.2) is 0 Å². The van der Waals surface area contributed by atoms with E-state index >= 15 is 0 Å². The van der Waals surface area contributed by atoms with Gasteiger partial charge >= 0.3 is 0 Å². The van der Waals surface area contributed by atoms with Crippen molar-refractivity contribution in [3.8, 4) is 5.75 Å². The summed E-state index contributed by atoms with van der Waals surface area (Å²) in [4.78, 5) is 12.4. The van der Waals surface area contributed by atoms with E-state index in [0.29, 0.717) is 11.3 Å². The highest BCUT2D eigenvalue weighted by atomic mass is 16.5. The number of para-hydroxylation sites is 1. The molecule has 3 nitrogen and oxygen atoms in total. The normalized spacial score (nSPS) is 11.8. The summed E-state index contributed by atoms with van der Waals surface area (Å²) in [5, 5.41) is 3.07. The number of amides is 1. The lowest BCUT2D eigenvalue weighted by Gasteiger charge is -2.18. The fourth-order valence-electron chi connectivity index (χ4n) is 2.29. The van der Waals surface area contributed by atoms with Gasteiger partial charge in [-0.3, -0.25) is 4.79 Å². The van der Waals surface area contributed by atoms with Crippen LogP contribution in [0.25, 0.3) is 0 Å². The van der Waals surface area contributed by atoms with E-state index in [1.54, 1.807) is 19.2 Å². The molecule has 0 saturated heterocycles. The van der Waals surface area contributed by atoms with E-state index in [9.17, 15) is 4.79 Å². The summed E-state index contributed by atoms with van der Waals surface area (Å²) in [5.74, 6) is 0.480. The molecule has 2 rings (SSSR count). The predicted molar refractivity (Wildman–Crippen MR) is 84.7 cm³/mol. The lowest BCUT2D eigenvalue weighted by Crippen LogP contribution is -2.28. The Morgan fingerprint density at radius 2 is 1.81 bits per heavy atom. The minimum atomic E-state index is -0.111. The van der Waals surface area contributed by atoms with Crippen LogP contribution in [0, 0.1) is 6.92 Å². The van der Waals surface area contributed by atoms with Crippen molar-refractivity contribution in [2.45, 2.75) is 26.3 Å². The summed E-state index contributed by atoms with van der Waals surface area (Å²) in [6.07, 6.45) is 0.837. The quantitative estimate of drug-likeness (QED) is 0.904. The standard InChI is InChI=1S/C18H21NO2/c1-4-16(14-11-9-13(2)10-12-14)19-18(20)15-7-5-6-8-17(15)21-3/h5-12,16H,4H2,1-3H3,(H,19,20). The van der Waals surface area contributed by atoms with Gasteiger partial charge in [-0.1, -0.05) is 48.9 Å². The molecule has 0 aromatic heterocycles. The zero-order valence-corrected chi connectivity index (χ0v) is 12.7. The number of aryl methyl sites for hydroxylation is 1. The Bertz CT molecular complexity index is 605. The molecule has 0 fully saturated rings. The maximum Gasteiger partial charge on any atom is 0.255 e. The average molecular weight is 283 g/mol. The van der Waals surface area contributed by atoms with E-state index in [-0.39, 0.29) is 11.9 Å². The van der Waals surface area contributed by atoms with Crippen LogP contribution >= 0.6 is 0 Å². The van der Waals surface area contributed by atoms with Gasteiger partial charge in [-0.15, -0.1) is 0 Å². The number of rotatable bonds is 5. The van der Waals surface area contributed by atoms with Gasteiger partial charge in [0.1, 0.15) is 5.75 Å². The van der Waals surface area contributed by atoms with E-state index in [0.717, 1.165) is 12.0 Å². The molecule has 1 N–H and O–H groups in total. The molecular weight excluding hydrogens is 262 g/mol. The number of hydrogen-bond donors (Lipinski definition) is 1. The third kappa shape index (κ3) is 3.63. The lowest BCUT2D eigenvalue weighted by molar-refractivity contribution is 0.0932. The molecule has 1 atom stereocenters. The summed E-state index contributed by atoms with van der Waals surface area (Å²) < 4.78 is 5.24. The molecule has 1 unspecified atom stereocenters. The van der Waals surface area contributed by atoms with Gasteiger partial charge in [0.15, 0.2) is 0 Å². The number of nitrogens with one attached hydrogen (secondary N) is 1. The van der Waals surface area contributed by atoms with E-state index in [1.165, 1.54) is 5.56 Å². The number of methoxy groups -OCH3 is 1. The van der Waals surface area contributed by atoms with Crippen LogP contribution in [0.5, 0.6) is 5.75 Å². The summed E-state index contributed by atoms with van der Waals surface area (Å²) >= 11 is 0. The van der Waals surface area contributed by atoms with Crippen LogP contribution in [-0.2, 0) is 0 Å². The highest BCUT2D eigenvalue weighted by molar-refractivity contribution is 5.97. The fraction of sp³-hybridized carbons (Fsp3) is 0.278. The highest BCUT2D eigenvalue weighted by Crippen LogP contribution is 2.21. The summed E-state index contributed by atoms with van der Waals surface area (Å²) in [6.45, 7) is 4.12. The third-order valence-corrected chi connectivity index (χ3v) is 3.54. The maximum atomic E-state index is 12.4. The van der Waals surface area contributed by atoms with Crippen molar-refractivity contribution in [2.75, 3.05) is 7.11 Å². The second kappa shape index (κ2) is 6.93. The Balaban J connectivity index is 2.18. The van der Waals surface area contributed by atoms with Crippen molar-refractivity contribution in [3.05, 3.63) is 65.2 Å². The fourth-order valence-corrected chi connectivity index (χ4v) is 2.29. The van der Waals surface area contributed by atoms with Gasteiger partial charge in [0.25, 0.3) is 5.91 Å². The van der Waals surface area contributed by atoms with E-state index < -0.39 is 0 Å². The lowest BCUT2D eigenvalue weighted by atomic mass is 10.0. The first kappa shape index (κ1) is 15.1. The van der Waals surface area contributed by atoms with Crippen molar-refractivity contribution in [1.29, 1.82) is 0 Å². The summed E-state index contributed by atoms with van der Waals surface area (Å²) in [7, 11) is 1.57. The Hall–Kier alpha value is -2.29. The monoisotopic (exact) mass is 283 g/mol. The van der Waals surface area contributed by atoms with Gasteiger partial charge in [-0.05, 0) is 31.0 Å². The number of carbonyl (C=O) groups is 1.